The van der Waals surface area contributed by atoms with Crippen molar-refractivity contribution in [2.75, 3.05) is 11.9 Å². The molecule has 1 saturated carbocycles. The van der Waals surface area contributed by atoms with E-state index in [-0.39, 0.29) is 17.9 Å². The molecule has 0 radical (unpaired) electrons. The summed E-state index contributed by atoms with van der Waals surface area (Å²) in [6.45, 7) is 1.09. The fourth-order valence-corrected chi connectivity index (χ4v) is 4.05. The molecular formula is C23H26N2O3. The van der Waals surface area contributed by atoms with Gasteiger partial charge in [-0.25, -0.2) is 0 Å². The topological polar surface area (TPSA) is 67.4 Å². The van der Waals surface area contributed by atoms with Crippen LogP contribution in [0.4, 0.5) is 5.69 Å². The Labute approximate surface area is 165 Å². The fraction of sp³-hybridized carbons (Fsp3) is 0.391. The van der Waals surface area contributed by atoms with E-state index < -0.39 is 5.41 Å². The molecule has 1 aliphatic heterocycles. The average Bonchev–Trinajstić information content (AvgIpc) is 3.22. The van der Waals surface area contributed by atoms with E-state index in [1.807, 2.05) is 54.6 Å². The largest absolute Gasteiger partial charge is 0.368 e. The molecule has 1 aliphatic carbocycles. The Bertz CT molecular complexity index is 840. The quantitative estimate of drug-likeness (QED) is 0.808. The molecule has 2 aliphatic rings. The summed E-state index contributed by atoms with van der Waals surface area (Å²) in [7, 11) is 0. The van der Waals surface area contributed by atoms with Crippen molar-refractivity contribution >= 4 is 17.5 Å². The zero-order valence-electron chi connectivity index (χ0n) is 15.9. The Kier molecular flexibility index (Phi) is 5.44. The van der Waals surface area contributed by atoms with Gasteiger partial charge in [0.15, 0.2) is 0 Å². The number of anilines is 1. The molecule has 0 bridgehead atoms. The Balaban J connectivity index is 1.38. The number of nitrogens with one attached hydrogen (secondary N) is 2. The van der Waals surface area contributed by atoms with E-state index in [2.05, 4.69) is 10.6 Å². The molecule has 2 aromatic carbocycles. The van der Waals surface area contributed by atoms with E-state index in [4.69, 9.17) is 4.74 Å². The molecule has 4 rings (SSSR count). The monoisotopic (exact) mass is 378 g/mol. The number of hydrogen-bond donors (Lipinski definition) is 2. The molecule has 5 nitrogen and oxygen atoms in total. The second kappa shape index (κ2) is 8.15. The van der Waals surface area contributed by atoms with Crippen molar-refractivity contribution in [2.45, 2.75) is 50.2 Å². The molecule has 1 saturated heterocycles. The fourth-order valence-electron chi connectivity index (χ4n) is 4.05. The first kappa shape index (κ1) is 18.7. The third-order valence-corrected chi connectivity index (χ3v) is 5.84. The van der Waals surface area contributed by atoms with E-state index in [0.29, 0.717) is 13.2 Å². The van der Waals surface area contributed by atoms with Gasteiger partial charge < -0.3 is 15.4 Å². The minimum Gasteiger partial charge on any atom is -0.368 e. The van der Waals surface area contributed by atoms with Crippen molar-refractivity contribution in [2.24, 2.45) is 0 Å². The average molecular weight is 378 g/mol. The summed E-state index contributed by atoms with van der Waals surface area (Å²) < 4.78 is 5.43. The van der Waals surface area contributed by atoms with Gasteiger partial charge in [0.25, 0.3) is 5.91 Å². The first-order chi connectivity index (χ1) is 13.7. The smallest absolute Gasteiger partial charge is 0.253 e. The predicted octanol–water partition coefficient (Wildman–Crippen LogP) is 3.54. The van der Waals surface area contributed by atoms with Gasteiger partial charge >= 0.3 is 0 Å². The lowest BCUT2D eigenvalue weighted by Gasteiger charge is -2.40. The molecule has 5 heteroatoms. The van der Waals surface area contributed by atoms with Crippen LogP contribution in [0.5, 0.6) is 0 Å². The van der Waals surface area contributed by atoms with Gasteiger partial charge in [0, 0.05) is 18.8 Å². The van der Waals surface area contributed by atoms with Crippen molar-refractivity contribution in [3.05, 3.63) is 65.7 Å². The molecule has 1 heterocycles. The summed E-state index contributed by atoms with van der Waals surface area (Å²) in [5, 5.41) is 6.01. The van der Waals surface area contributed by atoms with Gasteiger partial charge in [0.2, 0.25) is 5.91 Å². The van der Waals surface area contributed by atoms with Crippen LogP contribution in [0.1, 0.15) is 43.2 Å². The van der Waals surface area contributed by atoms with Crippen LogP contribution in [0.15, 0.2) is 54.6 Å². The van der Waals surface area contributed by atoms with Crippen LogP contribution in [0.25, 0.3) is 0 Å². The summed E-state index contributed by atoms with van der Waals surface area (Å²) in [5.41, 5.74) is 2.39. The maximum atomic E-state index is 13.0. The predicted molar refractivity (Wildman–Crippen MR) is 108 cm³/mol. The van der Waals surface area contributed by atoms with Crippen molar-refractivity contribution in [1.29, 1.82) is 0 Å². The van der Waals surface area contributed by atoms with Crippen molar-refractivity contribution in [3.63, 3.8) is 0 Å². The van der Waals surface area contributed by atoms with Gasteiger partial charge in [0.1, 0.15) is 6.10 Å². The molecule has 146 valence electrons. The molecule has 2 N–H and O–H groups in total. The van der Waals surface area contributed by atoms with E-state index >= 15 is 0 Å². The maximum Gasteiger partial charge on any atom is 0.253 e. The van der Waals surface area contributed by atoms with Crippen molar-refractivity contribution in [1.82, 2.24) is 5.32 Å². The summed E-state index contributed by atoms with van der Waals surface area (Å²) in [6, 6.07) is 17.6. The molecule has 2 aromatic rings. The normalized spacial score (nSPS) is 20.2. The third-order valence-electron chi connectivity index (χ3n) is 5.84. The highest BCUT2D eigenvalue weighted by atomic mass is 16.5. The molecule has 2 fully saturated rings. The van der Waals surface area contributed by atoms with Crippen LogP contribution < -0.4 is 10.6 Å². The highest BCUT2D eigenvalue weighted by molar-refractivity contribution is 5.94. The number of carbonyl (C=O) groups is 2. The summed E-state index contributed by atoms with van der Waals surface area (Å²) in [5.74, 6) is -0.0186. The molecule has 0 aromatic heterocycles. The zero-order chi connectivity index (χ0) is 19.4. The number of amides is 2. The molecule has 2 amide bonds. The lowest BCUT2D eigenvalue weighted by molar-refractivity contribution is -0.130. The minimum atomic E-state index is -0.396. The summed E-state index contributed by atoms with van der Waals surface area (Å²) in [6.07, 6.45) is 4.19. The van der Waals surface area contributed by atoms with Crippen LogP contribution in [0, 0.1) is 0 Å². The third kappa shape index (κ3) is 3.80. The highest BCUT2D eigenvalue weighted by Crippen LogP contribution is 2.43. The second-order valence-electron chi connectivity index (χ2n) is 7.68. The van der Waals surface area contributed by atoms with Gasteiger partial charge in [-0.2, -0.15) is 0 Å². The maximum absolute atomic E-state index is 13.0. The van der Waals surface area contributed by atoms with Crippen LogP contribution in [0.2, 0.25) is 0 Å². The van der Waals surface area contributed by atoms with E-state index in [1.54, 1.807) is 0 Å². The summed E-state index contributed by atoms with van der Waals surface area (Å²) >= 11 is 0. The molecule has 1 unspecified atom stereocenters. The van der Waals surface area contributed by atoms with E-state index in [9.17, 15) is 9.59 Å². The molecule has 1 atom stereocenters. The Morgan fingerprint density at radius 1 is 1.04 bits per heavy atom. The van der Waals surface area contributed by atoms with Gasteiger partial charge in [-0.3, -0.25) is 9.59 Å². The van der Waals surface area contributed by atoms with Gasteiger partial charge in [0.05, 0.1) is 5.41 Å². The first-order valence-electron chi connectivity index (χ1n) is 10.0. The highest BCUT2D eigenvalue weighted by Gasteiger charge is 2.45. The summed E-state index contributed by atoms with van der Waals surface area (Å²) in [4.78, 5) is 25.2. The molecular weight excluding hydrogens is 352 g/mol. The van der Waals surface area contributed by atoms with Gasteiger partial charge in [-0.15, -0.1) is 0 Å². The lowest BCUT2D eigenvalue weighted by Crippen LogP contribution is -2.48. The Hall–Kier alpha value is -2.66. The van der Waals surface area contributed by atoms with Crippen molar-refractivity contribution < 1.29 is 14.3 Å². The first-order valence-corrected chi connectivity index (χ1v) is 10.0. The zero-order valence-corrected chi connectivity index (χ0v) is 15.9. The number of carbonyl (C=O) groups excluding carboxylic acids is 2. The Morgan fingerprint density at radius 2 is 1.86 bits per heavy atom. The number of hydrogen-bond acceptors (Lipinski definition) is 3. The Morgan fingerprint density at radius 3 is 2.54 bits per heavy atom. The molecule has 0 spiro atoms. The SMILES string of the molecule is O=C(Nc1cccc(CNC(=O)C2(c3ccccc3)CCC2)c1)C1CCCO1. The number of ether oxygens (including phenoxy) is 1. The lowest BCUT2D eigenvalue weighted by atomic mass is 9.64. The van der Waals surface area contributed by atoms with Crippen LogP contribution in [-0.2, 0) is 26.3 Å². The van der Waals surface area contributed by atoms with E-state index in [1.165, 1.54) is 0 Å². The van der Waals surface area contributed by atoms with Gasteiger partial charge in [-0.1, -0.05) is 48.9 Å². The standard InChI is InChI=1S/C23H26N2O3/c26-21(20-11-5-14-28-20)25-19-10-4-7-17(15-19)16-24-22(27)23(12-6-13-23)18-8-2-1-3-9-18/h1-4,7-10,15,20H,5-6,11-14,16H2,(H,24,27)(H,25,26). The number of rotatable bonds is 6. The number of benzene rings is 2. The van der Waals surface area contributed by atoms with Crippen LogP contribution >= 0.6 is 0 Å². The van der Waals surface area contributed by atoms with Crippen molar-refractivity contribution in [3.8, 4) is 0 Å². The van der Waals surface area contributed by atoms with Crippen LogP contribution in [0.3, 0.4) is 0 Å². The minimum absolute atomic E-state index is 0.0822. The second-order valence-corrected chi connectivity index (χ2v) is 7.68. The van der Waals surface area contributed by atoms with E-state index in [0.717, 1.165) is 48.9 Å². The van der Waals surface area contributed by atoms with Gasteiger partial charge in [-0.05, 0) is 48.9 Å². The van der Waals surface area contributed by atoms with Crippen LogP contribution in [-0.4, -0.2) is 24.5 Å². The molecule has 28 heavy (non-hydrogen) atoms.